The maximum atomic E-state index is 14.2. The maximum Gasteiger partial charge on any atom is 0.433 e. The minimum absolute atomic E-state index is 0.0350. The van der Waals surface area contributed by atoms with E-state index in [4.69, 9.17) is 20.9 Å². The highest BCUT2D eigenvalue weighted by molar-refractivity contribution is 6.34. The van der Waals surface area contributed by atoms with Gasteiger partial charge in [-0.3, -0.25) is 4.68 Å². The Bertz CT molecular complexity index is 1410. The van der Waals surface area contributed by atoms with Crippen LogP contribution in [0.25, 0.3) is 22.6 Å². The molecule has 0 bridgehead atoms. The molecule has 0 radical (unpaired) electrons. The SMILES string of the molecule is CC1(O)CC(n2ncc(-c3onc(-c4cccc(OCc5ccccc5)c4Cl)c3CO)c2C(F)(F)F)C1. The first-order valence-corrected chi connectivity index (χ1v) is 11.9. The number of aromatic nitrogens is 3. The van der Waals surface area contributed by atoms with Crippen molar-refractivity contribution >= 4 is 11.6 Å². The quantitative estimate of drug-likeness (QED) is 0.301. The number of hydrogen-bond acceptors (Lipinski definition) is 6. The van der Waals surface area contributed by atoms with Crippen LogP contribution in [0.4, 0.5) is 13.2 Å². The fraction of sp³-hybridized carbons (Fsp3) is 0.308. The van der Waals surface area contributed by atoms with Gasteiger partial charge in [0, 0.05) is 5.56 Å². The predicted octanol–water partition coefficient (Wildman–Crippen LogP) is 6.03. The Kier molecular flexibility index (Phi) is 6.51. The summed E-state index contributed by atoms with van der Waals surface area (Å²) in [6.45, 7) is 1.17. The zero-order valence-electron chi connectivity index (χ0n) is 19.7. The van der Waals surface area contributed by atoms with Gasteiger partial charge in [0.1, 0.15) is 18.1 Å². The number of aliphatic hydroxyl groups is 2. The van der Waals surface area contributed by atoms with Gasteiger partial charge in [-0.05, 0) is 31.4 Å². The van der Waals surface area contributed by atoms with Gasteiger partial charge in [-0.25, -0.2) is 0 Å². The van der Waals surface area contributed by atoms with Gasteiger partial charge in [-0.1, -0.05) is 59.2 Å². The normalized spacial score (nSPS) is 19.6. The summed E-state index contributed by atoms with van der Waals surface area (Å²) in [4.78, 5) is 0. The van der Waals surface area contributed by atoms with Gasteiger partial charge in [0.05, 0.1) is 40.6 Å². The van der Waals surface area contributed by atoms with Crippen LogP contribution in [0.2, 0.25) is 5.02 Å². The van der Waals surface area contributed by atoms with Crippen LogP contribution in [-0.4, -0.2) is 30.8 Å². The highest BCUT2D eigenvalue weighted by Crippen LogP contribution is 2.47. The van der Waals surface area contributed by atoms with Crippen molar-refractivity contribution in [2.45, 2.75) is 50.8 Å². The molecule has 1 aliphatic rings. The lowest BCUT2D eigenvalue weighted by Gasteiger charge is -2.41. The number of aliphatic hydroxyl groups excluding tert-OH is 1. The molecule has 0 atom stereocenters. The van der Waals surface area contributed by atoms with Gasteiger partial charge < -0.3 is 19.5 Å². The largest absolute Gasteiger partial charge is 0.487 e. The summed E-state index contributed by atoms with van der Waals surface area (Å²) in [6.07, 6.45) is -3.45. The van der Waals surface area contributed by atoms with Gasteiger partial charge in [-0.15, -0.1) is 0 Å². The van der Waals surface area contributed by atoms with Crippen molar-refractivity contribution in [2.75, 3.05) is 0 Å². The van der Waals surface area contributed by atoms with Crippen LogP contribution in [-0.2, 0) is 19.4 Å². The molecule has 11 heteroatoms. The first kappa shape index (κ1) is 25.3. The van der Waals surface area contributed by atoms with E-state index < -0.39 is 30.1 Å². The average molecular weight is 534 g/mol. The number of halogens is 4. The van der Waals surface area contributed by atoms with E-state index in [1.165, 1.54) is 0 Å². The number of ether oxygens (including phenoxy) is 1. The Hall–Kier alpha value is -3.34. The molecule has 2 aromatic heterocycles. The molecule has 0 aliphatic heterocycles. The Morgan fingerprint density at radius 1 is 1.14 bits per heavy atom. The summed E-state index contributed by atoms with van der Waals surface area (Å²) in [5, 5.41) is 28.3. The van der Waals surface area contributed by atoms with Crippen molar-refractivity contribution in [2.24, 2.45) is 0 Å². The van der Waals surface area contributed by atoms with Gasteiger partial charge in [-0.2, -0.15) is 18.3 Å². The third-order valence-corrected chi connectivity index (χ3v) is 6.80. The van der Waals surface area contributed by atoms with Crippen LogP contribution in [0.5, 0.6) is 5.75 Å². The number of nitrogens with zero attached hydrogens (tertiary/aromatic N) is 3. The average Bonchev–Trinajstić information content (AvgIpc) is 3.46. The molecule has 0 unspecified atom stereocenters. The molecule has 7 nitrogen and oxygen atoms in total. The minimum Gasteiger partial charge on any atom is -0.487 e. The summed E-state index contributed by atoms with van der Waals surface area (Å²) in [5.41, 5.74) is -1.03. The molecule has 4 aromatic rings. The summed E-state index contributed by atoms with van der Waals surface area (Å²) in [7, 11) is 0. The molecule has 5 rings (SSSR count). The lowest BCUT2D eigenvalue weighted by Crippen LogP contribution is -2.43. The fourth-order valence-corrected chi connectivity index (χ4v) is 4.91. The van der Waals surface area contributed by atoms with E-state index in [0.717, 1.165) is 16.4 Å². The highest BCUT2D eigenvalue weighted by Gasteiger charge is 2.47. The second-order valence-electron chi connectivity index (χ2n) is 9.30. The van der Waals surface area contributed by atoms with Gasteiger partial charge in [0.2, 0.25) is 0 Å². The van der Waals surface area contributed by atoms with E-state index in [1.54, 1.807) is 25.1 Å². The standard InChI is InChI=1S/C26H23ClF3N3O4/c1-25(35)10-16(11-25)33-24(26(28,29)30)18(12-31-33)23-19(13-34)22(32-37-23)17-8-5-9-20(21(17)27)36-14-15-6-3-2-4-7-15/h2-9,12,16,34-35H,10-11,13-14H2,1H3. The molecular formula is C26H23ClF3N3O4. The first-order valence-electron chi connectivity index (χ1n) is 11.5. The molecule has 2 N–H and O–H groups in total. The van der Waals surface area contributed by atoms with E-state index in [1.807, 2.05) is 30.3 Å². The third kappa shape index (κ3) is 4.84. The van der Waals surface area contributed by atoms with E-state index in [9.17, 15) is 23.4 Å². The number of hydrogen-bond donors (Lipinski definition) is 2. The van der Waals surface area contributed by atoms with Crippen LogP contribution in [0.1, 0.15) is 42.6 Å². The first-order chi connectivity index (χ1) is 17.6. The lowest BCUT2D eigenvalue weighted by atomic mass is 9.77. The Balaban J connectivity index is 1.51. The zero-order valence-corrected chi connectivity index (χ0v) is 20.4. The van der Waals surface area contributed by atoms with Gasteiger partial charge >= 0.3 is 6.18 Å². The smallest absolute Gasteiger partial charge is 0.433 e. The van der Waals surface area contributed by atoms with Crippen LogP contribution >= 0.6 is 11.6 Å². The predicted molar refractivity (Wildman–Crippen MR) is 129 cm³/mol. The summed E-state index contributed by atoms with van der Waals surface area (Å²) < 4.78 is 54.6. The number of benzene rings is 2. The minimum atomic E-state index is -4.77. The van der Waals surface area contributed by atoms with Crippen LogP contribution in [0.15, 0.2) is 59.3 Å². The van der Waals surface area contributed by atoms with E-state index in [0.29, 0.717) is 11.3 Å². The molecule has 194 valence electrons. The second kappa shape index (κ2) is 9.51. The second-order valence-corrected chi connectivity index (χ2v) is 9.68. The Morgan fingerprint density at radius 3 is 2.51 bits per heavy atom. The Labute approximate surface area is 215 Å². The van der Waals surface area contributed by atoms with Crippen molar-refractivity contribution in [1.29, 1.82) is 0 Å². The molecule has 1 fully saturated rings. The lowest BCUT2D eigenvalue weighted by molar-refractivity contribution is -0.148. The fourth-order valence-electron chi connectivity index (χ4n) is 4.64. The van der Waals surface area contributed by atoms with Crippen molar-refractivity contribution in [3.8, 4) is 28.3 Å². The molecule has 0 saturated heterocycles. The number of alkyl halides is 3. The molecule has 2 heterocycles. The van der Waals surface area contributed by atoms with E-state index >= 15 is 0 Å². The topological polar surface area (TPSA) is 93.5 Å². The van der Waals surface area contributed by atoms with Crippen molar-refractivity contribution in [3.05, 3.63) is 76.6 Å². The third-order valence-electron chi connectivity index (χ3n) is 6.41. The molecule has 2 aromatic carbocycles. The van der Waals surface area contributed by atoms with E-state index in [2.05, 4.69) is 10.3 Å². The van der Waals surface area contributed by atoms with Crippen LogP contribution in [0.3, 0.4) is 0 Å². The summed E-state index contributed by atoms with van der Waals surface area (Å²) in [5.74, 6) is 0.0890. The summed E-state index contributed by atoms with van der Waals surface area (Å²) in [6, 6.07) is 13.8. The zero-order chi connectivity index (χ0) is 26.4. The molecule has 1 saturated carbocycles. The molecule has 1 aliphatic carbocycles. The number of rotatable bonds is 7. The van der Waals surface area contributed by atoms with Crippen LogP contribution < -0.4 is 4.74 Å². The summed E-state index contributed by atoms with van der Waals surface area (Å²) >= 11 is 6.59. The van der Waals surface area contributed by atoms with E-state index in [-0.39, 0.29) is 47.1 Å². The van der Waals surface area contributed by atoms with Gasteiger partial charge in [0.25, 0.3) is 0 Å². The molecule has 0 amide bonds. The van der Waals surface area contributed by atoms with Crippen LogP contribution in [0, 0.1) is 0 Å². The molecule has 0 spiro atoms. The Morgan fingerprint density at radius 2 is 1.86 bits per heavy atom. The highest BCUT2D eigenvalue weighted by atomic mass is 35.5. The monoisotopic (exact) mass is 533 g/mol. The molecular weight excluding hydrogens is 511 g/mol. The van der Waals surface area contributed by atoms with Crippen molar-refractivity contribution in [3.63, 3.8) is 0 Å². The van der Waals surface area contributed by atoms with Crippen molar-refractivity contribution < 1.29 is 32.6 Å². The molecule has 37 heavy (non-hydrogen) atoms. The van der Waals surface area contributed by atoms with Crippen molar-refractivity contribution in [1.82, 2.24) is 14.9 Å². The maximum absolute atomic E-state index is 14.2. The van der Waals surface area contributed by atoms with Gasteiger partial charge in [0.15, 0.2) is 11.5 Å².